The minimum Gasteiger partial charge on any atom is -0.481 e. The molecule has 2 N–H and O–H groups in total. The molecule has 2 rings (SSSR count). The second kappa shape index (κ2) is 6.15. The number of halogens is 1. The number of carboxylic acids is 1. The lowest BCUT2D eigenvalue weighted by atomic mass is 9.90. The lowest BCUT2D eigenvalue weighted by Crippen LogP contribution is -2.37. The molecule has 0 bridgehead atoms. The first-order chi connectivity index (χ1) is 9.85. The van der Waals surface area contributed by atoms with Crippen LogP contribution in [0.2, 0.25) is 5.02 Å². The number of carboxylic acid groups (broad SMARTS) is 1. The van der Waals surface area contributed by atoms with E-state index in [2.05, 4.69) is 5.32 Å². The van der Waals surface area contributed by atoms with Gasteiger partial charge in [-0.25, -0.2) is 4.79 Å². The summed E-state index contributed by atoms with van der Waals surface area (Å²) in [5.41, 5.74) is -0.260. The van der Waals surface area contributed by atoms with E-state index in [9.17, 15) is 14.7 Å². The molecular formula is C14H17ClN2O3S. The average molecular weight is 329 g/mol. The van der Waals surface area contributed by atoms with Crippen molar-refractivity contribution in [2.75, 3.05) is 24.7 Å². The zero-order valence-corrected chi connectivity index (χ0v) is 13.4. The number of hydrogen-bond acceptors (Lipinski definition) is 3. The highest BCUT2D eigenvalue weighted by Crippen LogP contribution is 2.31. The van der Waals surface area contributed by atoms with E-state index in [4.69, 9.17) is 11.6 Å². The van der Waals surface area contributed by atoms with Gasteiger partial charge in [-0.2, -0.15) is 0 Å². The minimum absolute atomic E-state index is 0.213. The number of hydrogen-bond donors (Lipinski definition) is 2. The van der Waals surface area contributed by atoms with Crippen LogP contribution in [0.4, 0.5) is 10.5 Å². The summed E-state index contributed by atoms with van der Waals surface area (Å²) in [6, 6.07) is 5.02. The summed E-state index contributed by atoms with van der Waals surface area (Å²) >= 11 is 7.63. The fraction of sp³-hybridized carbons (Fsp3) is 0.429. The van der Waals surface area contributed by atoms with Crippen LogP contribution in [0.1, 0.15) is 13.3 Å². The topological polar surface area (TPSA) is 69.6 Å². The van der Waals surface area contributed by atoms with E-state index in [1.165, 1.54) is 16.7 Å². The second-order valence-electron chi connectivity index (χ2n) is 5.32. The van der Waals surface area contributed by atoms with Gasteiger partial charge in [0.1, 0.15) is 0 Å². The molecule has 1 aliphatic rings. The minimum atomic E-state index is -0.870. The molecule has 0 saturated carbocycles. The van der Waals surface area contributed by atoms with Crippen LogP contribution >= 0.6 is 23.4 Å². The summed E-state index contributed by atoms with van der Waals surface area (Å²) < 4.78 is 0. The largest absolute Gasteiger partial charge is 0.481 e. The Hall–Kier alpha value is -1.40. The first-order valence-electron chi connectivity index (χ1n) is 6.48. The number of thioether (sulfide) groups is 1. The van der Waals surface area contributed by atoms with Crippen molar-refractivity contribution >= 4 is 41.1 Å². The quantitative estimate of drug-likeness (QED) is 0.834. The maximum absolute atomic E-state index is 12.2. The number of nitrogens with one attached hydrogen (secondary N) is 1. The maximum atomic E-state index is 12.2. The first-order valence-corrected chi connectivity index (χ1v) is 8.09. The number of anilines is 1. The number of rotatable bonds is 3. The molecule has 2 amide bonds. The molecule has 0 spiro atoms. The van der Waals surface area contributed by atoms with Crippen LogP contribution in [0.3, 0.4) is 0 Å². The number of carbonyl (C=O) groups is 2. The number of carbonyl (C=O) groups excluding carboxylic acids is 1. The van der Waals surface area contributed by atoms with E-state index >= 15 is 0 Å². The Labute approximate surface area is 132 Å². The third kappa shape index (κ3) is 3.44. The number of urea groups is 1. The molecule has 1 unspecified atom stereocenters. The van der Waals surface area contributed by atoms with E-state index in [1.54, 1.807) is 19.1 Å². The molecule has 21 heavy (non-hydrogen) atoms. The van der Waals surface area contributed by atoms with E-state index in [1.807, 2.05) is 12.3 Å². The molecule has 7 heteroatoms. The van der Waals surface area contributed by atoms with Gasteiger partial charge >= 0.3 is 12.0 Å². The number of benzene rings is 1. The zero-order chi connectivity index (χ0) is 15.6. The highest BCUT2D eigenvalue weighted by atomic mass is 35.5. The van der Waals surface area contributed by atoms with E-state index < -0.39 is 11.4 Å². The summed E-state index contributed by atoms with van der Waals surface area (Å²) in [5.74, 6) is -0.870. The van der Waals surface area contributed by atoms with Gasteiger partial charge in [0.15, 0.2) is 0 Å². The Morgan fingerprint density at radius 3 is 2.71 bits per heavy atom. The summed E-state index contributed by atoms with van der Waals surface area (Å²) in [7, 11) is 0. The lowest BCUT2D eigenvalue weighted by Gasteiger charge is -2.20. The van der Waals surface area contributed by atoms with Gasteiger partial charge in [0.05, 0.1) is 10.4 Å². The summed E-state index contributed by atoms with van der Waals surface area (Å²) in [6.07, 6.45) is 2.39. The van der Waals surface area contributed by atoms with Crippen molar-refractivity contribution in [3.8, 4) is 0 Å². The number of likely N-dealkylation sites (tertiary alicyclic amines) is 1. The monoisotopic (exact) mass is 328 g/mol. The van der Waals surface area contributed by atoms with Crippen LogP contribution in [-0.4, -0.2) is 41.4 Å². The molecule has 1 heterocycles. The van der Waals surface area contributed by atoms with Gasteiger partial charge in [-0.15, -0.1) is 11.8 Å². The standard InChI is InChI=1S/C14H17ClN2O3S/c1-14(12(18)19)5-6-17(8-14)13(20)16-9-3-4-11(21-2)10(15)7-9/h3-4,7H,5-6,8H2,1-2H3,(H,16,20)(H,18,19). The maximum Gasteiger partial charge on any atom is 0.321 e. The molecule has 114 valence electrons. The molecule has 0 aliphatic carbocycles. The van der Waals surface area contributed by atoms with Crippen molar-refractivity contribution in [2.24, 2.45) is 5.41 Å². The smallest absolute Gasteiger partial charge is 0.321 e. The van der Waals surface area contributed by atoms with Crippen LogP contribution in [0.15, 0.2) is 23.1 Å². The Morgan fingerprint density at radius 1 is 1.48 bits per heavy atom. The highest BCUT2D eigenvalue weighted by Gasteiger charge is 2.42. The molecule has 1 aromatic rings. The van der Waals surface area contributed by atoms with Crippen LogP contribution in [0.5, 0.6) is 0 Å². The summed E-state index contributed by atoms with van der Waals surface area (Å²) in [6.45, 7) is 2.31. The molecule has 1 fully saturated rings. The van der Waals surface area contributed by atoms with Gasteiger partial charge < -0.3 is 15.3 Å². The fourth-order valence-electron chi connectivity index (χ4n) is 2.26. The van der Waals surface area contributed by atoms with E-state index in [0.717, 1.165) is 4.90 Å². The Bertz CT molecular complexity index is 581. The van der Waals surface area contributed by atoms with Crippen LogP contribution < -0.4 is 5.32 Å². The Morgan fingerprint density at radius 2 is 2.19 bits per heavy atom. The van der Waals surface area contributed by atoms with Crippen molar-refractivity contribution in [3.63, 3.8) is 0 Å². The molecular weight excluding hydrogens is 312 g/mol. The number of amides is 2. The van der Waals surface area contributed by atoms with E-state index in [0.29, 0.717) is 23.7 Å². The first kappa shape index (κ1) is 16.0. The van der Waals surface area contributed by atoms with Gasteiger partial charge in [0.25, 0.3) is 0 Å². The second-order valence-corrected chi connectivity index (χ2v) is 6.57. The van der Waals surface area contributed by atoms with Gasteiger partial charge in [-0.1, -0.05) is 11.6 Å². The SMILES string of the molecule is CSc1ccc(NC(=O)N2CCC(C)(C(=O)O)C2)cc1Cl. The highest BCUT2D eigenvalue weighted by molar-refractivity contribution is 7.98. The molecule has 1 atom stereocenters. The van der Waals surface area contributed by atoms with E-state index in [-0.39, 0.29) is 12.6 Å². The molecule has 5 nitrogen and oxygen atoms in total. The van der Waals surface area contributed by atoms with Crippen molar-refractivity contribution < 1.29 is 14.7 Å². The zero-order valence-electron chi connectivity index (χ0n) is 11.9. The van der Waals surface area contributed by atoms with Gasteiger partial charge in [-0.3, -0.25) is 4.79 Å². The predicted molar refractivity (Wildman–Crippen MR) is 84.2 cm³/mol. The Kier molecular flexibility index (Phi) is 4.68. The van der Waals surface area contributed by atoms with Crippen molar-refractivity contribution in [3.05, 3.63) is 23.2 Å². The molecule has 0 aromatic heterocycles. The summed E-state index contributed by atoms with van der Waals surface area (Å²) in [4.78, 5) is 25.8. The van der Waals surface area contributed by atoms with Crippen molar-refractivity contribution in [2.45, 2.75) is 18.2 Å². The van der Waals surface area contributed by atoms with Gasteiger partial charge in [0.2, 0.25) is 0 Å². The third-order valence-corrected chi connectivity index (χ3v) is 4.90. The fourth-order valence-corrected chi connectivity index (χ4v) is 3.13. The summed E-state index contributed by atoms with van der Waals surface area (Å²) in [5, 5.41) is 12.5. The molecule has 1 aliphatic heterocycles. The number of nitrogens with zero attached hydrogens (tertiary/aromatic N) is 1. The van der Waals surface area contributed by atoms with Crippen molar-refractivity contribution in [1.29, 1.82) is 0 Å². The van der Waals surface area contributed by atoms with Gasteiger partial charge in [-0.05, 0) is 37.8 Å². The van der Waals surface area contributed by atoms with Crippen molar-refractivity contribution in [1.82, 2.24) is 4.90 Å². The Balaban J connectivity index is 2.03. The normalized spacial score (nSPS) is 21.4. The van der Waals surface area contributed by atoms with Crippen LogP contribution in [0.25, 0.3) is 0 Å². The number of aliphatic carboxylic acids is 1. The van der Waals surface area contributed by atoms with Gasteiger partial charge in [0, 0.05) is 23.7 Å². The van der Waals surface area contributed by atoms with Crippen LogP contribution in [-0.2, 0) is 4.79 Å². The average Bonchev–Trinajstić information content (AvgIpc) is 2.83. The predicted octanol–water partition coefficient (Wildman–Crippen LogP) is 3.39. The molecule has 0 radical (unpaired) electrons. The third-order valence-electron chi connectivity index (χ3n) is 3.68. The molecule has 1 saturated heterocycles. The van der Waals surface area contributed by atoms with Crippen LogP contribution in [0, 0.1) is 5.41 Å². The lowest BCUT2D eigenvalue weighted by molar-refractivity contribution is -0.146. The molecule has 1 aromatic carbocycles.